The van der Waals surface area contributed by atoms with Crippen molar-refractivity contribution in [2.75, 3.05) is 24.5 Å². The maximum absolute atomic E-state index is 5.70. The highest BCUT2D eigenvalue weighted by molar-refractivity contribution is 5.35. The van der Waals surface area contributed by atoms with Crippen LogP contribution >= 0.6 is 0 Å². The van der Waals surface area contributed by atoms with E-state index in [9.17, 15) is 0 Å². The molecule has 1 aromatic rings. The molecule has 2 rings (SSSR count). The van der Waals surface area contributed by atoms with Gasteiger partial charge >= 0.3 is 0 Å². The van der Waals surface area contributed by atoms with Crippen molar-refractivity contribution < 1.29 is 4.74 Å². The number of nitrogens with zero attached hydrogens (tertiary/aromatic N) is 3. The van der Waals surface area contributed by atoms with Crippen LogP contribution in [0.2, 0.25) is 0 Å². The molecule has 2 N–H and O–H groups in total. The summed E-state index contributed by atoms with van der Waals surface area (Å²) >= 11 is 0. The van der Waals surface area contributed by atoms with Crippen LogP contribution in [0.3, 0.4) is 0 Å². The van der Waals surface area contributed by atoms with E-state index < -0.39 is 0 Å². The second-order valence-corrected chi connectivity index (χ2v) is 5.85. The topological polar surface area (TPSA) is 64.3 Å². The Hall–Kier alpha value is -1.36. The molecule has 2 heterocycles. The SMILES string of the molecule is Cc1cc(OC(C)C)nc(N2CCCC(CCN)C2)n1. The highest BCUT2D eigenvalue weighted by Gasteiger charge is 2.22. The third-order valence-electron chi connectivity index (χ3n) is 3.55. The van der Waals surface area contributed by atoms with Crippen molar-refractivity contribution in [3.8, 4) is 5.88 Å². The van der Waals surface area contributed by atoms with Gasteiger partial charge in [-0.1, -0.05) is 0 Å². The quantitative estimate of drug-likeness (QED) is 0.894. The summed E-state index contributed by atoms with van der Waals surface area (Å²) in [5, 5.41) is 0. The molecule has 0 spiro atoms. The number of hydrogen-bond acceptors (Lipinski definition) is 5. The molecule has 0 aromatic carbocycles. The number of ether oxygens (including phenoxy) is 1. The Labute approximate surface area is 121 Å². The summed E-state index contributed by atoms with van der Waals surface area (Å²) in [5.41, 5.74) is 6.63. The normalized spacial score (nSPS) is 19.4. The van der Waals surface area contributed by atoms with Crippen LogP contribution in [0.1, 0.15) is 38.8 Å². The number of rotatable bonds is 5. The molecule has 0 amide bonds. The number of anilines is 1. The fourth-order valence-corrected chi connectivity index (χ4v) is 2.69. The summed E-state index contributed by atoms with van der Waals surface area (Å²) in [6.07, 6.45) is 3.65. The molecule has 1 aliphatic heterocycles. The predicted molar refractivity (Wildman–Crippen MR) is 81.1 cm³/mol. The van der Waals surface area contributed by atoms with E-state index in [1.807, 2.05) is 26.8 Å². The van der Waals surface area contributed by atoms with Gasteiger partial charge in [0, 0.05) is 24.8 Å². The van der Waals surface area contributed by atoms with E-state index >= 15 is 0 Å². The zero-order valence-electron chi connectivity index (χ0n) is 12.8. The molecule has 1 fully saturated rings. The first kappa shape index (κ1) is 15.0. The van der Waals surface area contributed by atoms with Gasteiger partial charge in [0.2, 0.25) is 11.8 Å². The smallest absolute Gasteiger partial charge is 0.228 e. The highest BCUT2D eigenvalue weighted by Crippen LogP contribution is 2.24. The van der Waals surface area contributed by atoms with E-state index in [1.165, 1.54) is 12.8 Å². The van der Waals surface area contributed by atoms with Crippen LogP contribution in [-0.2, 0) is 0 Å². The standard InChI is InChI=1S/C15H26N4O/c1-11(2)20-14-9-12(3)17-15(18-14)19-8-4-5-13(10-19)6-7-16/h9,11,13H,4-8,10,16H2,1-3H3. The monoisotopic (exact) mass is 278 g/mol. The molecule has 1 aliphatic rings. The highest BCUT2D eigenvalue weighted by atomic mass is 16.5. The summed E-state index contributed by atoms with van der Waals surface area (Å²) in [7, 11) is 0. The second kappa shape index (κ2) is 6.88. The molecular weight excluding hydrogens is 252 g/mol. The average Bonchev–Trinajstić information content (AvgIpc) is 2.38. The predicted octanol–water partition coefficient (Wildman–Crippen LogP) is 2.14. The van der Waals surface area contributed by atoms with Crippen molar-refractivity contribution in [1.82, 2.24) is 9.97 Å². The fraction of sp³-hybridized carbons (Fsp3) is 0.733. The van der Waals surface area contributed by atoms with Crippen LogP contribution in [0.4, 0.5) is 5.95 Å². The largest absolute Gasteiger partial charge is 0.475 e. The van der Waals surface area contributed by atoms with E-state index in [2.05, 4.69) is 14.9 Å². The van der Waals surface area contributed by atoms with Crippen molar-refractivity contribution in [2.45, 2.75) is 46.1 Å². The van der Waals surface area contributed by atoms with Crippen molar-refractivity contribution in [2.24, 2.45) is 11.7 Å². The Morgan fingerprint density at radius 2 is 2.25 bits per heavy atom. The second-order valence-electron chi connectivity index (χ2n) is 5.85. The molecular formula is C15H26N4O. The van der Waals surface area contributed by atoms with E-state index in [-0.39, 0.29) is 6.10 Å². The number of aromatic nitrogens is 2. The van der Waals surface area contributed by atoms with Gasteiger partial charge in [0.25, 0.3) is 0 Å². The maximum Gasteiger partial charge on any atom is 0.228 e. The lowest BCUT2D eigenvalue weighted by molar-refractivity contribution is 0.232. The lowest BCUT2D eigenvalue weighted by atomic mass is 9.95. The minimum absolute atomic E-state index is 0.128. The number of nitrogens with two attached hydrogens (primary N) is 1. The molecule has 1 aromatic heterocycles. The van der Waals surface area contributed by atoms with Crippen LogP contribution in [0, 0.1) is 12.8 Å². The first-order valence-corrected chi connectivity index (χ1v) is 7.56. The molecule has 1 atom stereocenters. The van der Waals surface area contributed by atoms with Crippen molar-refractivity contribution in [1.29, 1.82) is 0 Å². The molecule has 112 valence electrons. The minimum atomic E-state index is 0.128. The summed E-state index contributed by atoms with van der Waals surface area (Å²) in [6, 6.07) is 1.89. The van der Waals surface area contributed by atoms with Crippen LogP contribution in [-0.4, -0.2) is 35.7 Å². The van der Waals surface area contributed by atoms with Gasteiger partial charge in [0.1, 0.15) is 0 Å². The van der Waals surface area contributed by atoms with Gasteiger partial charge in [-0.15, -0.1) is 0 Å². The molecule has 0 bridgehead atoms. The summed E-state index contributed by atoms with van der Waals surface area (Å²) in [5.74, 6) is 2.12. The first-order chi connectivity index (χ1) is 9.58. The van der Waals surface area contributed by atoms with Crippen molar-refractivity contribution in [3.63, 3.8) is 0 Å². The number of aryl methyl sites for hydroxylation is 1. The molecule has 1 unspecified atom stereocenters. The Balaban J connectivity index is 2.12. The lowest BCUT2D eigenvalue weighted by Gasteiger charge is -2.32. The first-order valence-electron chi connectivity index (χ1n) is 7.56. The Morgan fingerprint density at radius 1 is 1.45 bits per heavy atom. The van der Waals surface area contributed by atoms with Crippen LogP contribution in [0.5, 0.6) is 5.88 Å². The molecule has 5 nitrogen and oxygen atoms in total. The Kier molecular flexibility index (Phi) is 5.17. The molecule has 20 heavy (non-hydrogen) atoms. The van der Waals surface area contributed by atoms with Gasteiger partial charge < -0.3 is 15.4 Å². The summed E-state index contributed by atoms with van der Waals surface area (Å²) in [4.78, 5) is 11.4. The van der Waals surface area contributed by atoms with Gasteiger partial charge in [-0.25, -0.2) is 4.98 Å². The summed E-state index contributed by atoms with van der Waals surface area (Å²) < 4.78 is 5.70. The van der Waals surface area contributed by atoms with Gasteiger partial charge in [-0.05, 0) is 52.5 Å². The van der Waals surface area contributed by atoms with Crippen LogP contribution < -0.4 is 15.4 Å². The van der Waals surface area contributed by atoms with Crippen LogP contribution in [0.25, 0.3) is 0 Å². The van der Waals surface area contributed by atoms with Gasteiger partial charge in [0.15, 0.2) is 0 Å². The van der Waals surface area contributed by atoms with E-state index in [1.54, 1.807) is 0 Å². The maximum atomic E-state index is 5.70. The Morgan fingerprint density at radius 3 is 2.95 bits per heavy atom. The summed E-state index contributed by atoms with van der Waals surface area (Å²) in [6.45, 7) is 8.78. The van der Waals surface area contributed by atoms with Gasteiger partial charge in [0.05, 0.1) is 6.10 Å². The molecule has 1 saturated heterocycles. The molecule has 0 aliphatic carbocycles. The third-order valence-corrected chi connectivity index (χ3v) is 3.55. The van der Waals surface area contributed by atoms with E-state index in [0.717, 1.165) is 37.7 Å². The molecule has 0 saturated carbocycles. The Bertz CT molecular complexity index is 434. The van der Waals surface area contributed by atoms with Gasteiger partial charge in [-0.3, -0.25) is 0 Å². The third kappa shape index (κ3) is 4.07. The molecule has 5 heteroatoms. The van der Waals surface area contributed by atoms with E-state index in [0.29, 0.717) is 11.8 Å². The van der Waals surface area contributed by atoms with Crippen molar-refractivity contribution in [3.05, 3.63) is 11.8 Å². The average molecular weight is 278 g/mol. The number of hydrogen-bond donors (Lipinski definition) is 1. The van der Waals surface area contributed by atoms with Gasteiger partial charge in [-0.2, -0.15) is 4.98 Å². The number of piperidine rings is 1. The zero-order valence-corrected chi connectivity index (χ0v) is 12.8. The van der Waals surface area contributed by atoms with Crippen LogP contribution in [0.15, 0.2) is 6.07 Å². The fourth-order valence-electron chi connectivity index (χ4n) is 2.69. The lowest BCUT2D eigenvalue weighted by Crippen LogP contribution is -2.37. The van der Waals surface area contributed by atoms with E-state index in [4.69, 9.17) is 10.5 Å². The van der Waals surface area contributed by atoms with Crippen molar-refractivity contribution >= 4 is 5.95 Å². The molecule has 0 radical (unpaired) electrons. The zero-order chi connectivity index (χ0) is 14.5. The minimum Gasteiger partial charge on any atom is -0.475 e.